The molecule has 8 heteroatoms. The van der Waals surface area contributed by atoms with Crippen molar-refractivity contribution in [3.05, 3.63) is 28.3 Å². The largest absolute Gasteiger partial charge is 0.416 e. The Labute approximate surface area is 129 Å². The summed E-state index contributed by atoms with van der Waals surface area (Å²) in [5, 5.41) is 18.5. The van der Waals surface area contributed by atoms with Crippen LogP contribution in [0.1, 0.15) is 24.0 Å². The lowest BCUT2D eigenvalue weighted by atomic mass is 10.0. The van der Waals surface area contributed by atoms with Gasteiger partial charge < -0.3 is 10.0 Å². The first-order valence-electron chi connectivity index (χ1n) is 6.44. The number of benzene rings is 1. The maximum atomic E-state index is 12.8. The fraction of sp³-hybridized carbons (Fsp3) is 0.429. The maximum Gasteiger partial charge on any atom is 0.416 e. The van der Waals surface area contributed by atoms with Gasteiger partial charge in [-0.3, -0.25) is 4.79 Å². The molecule has 1 aromatic rings. The Balaban J connectivity index is 2.48. The average molecular weight is 333 g/mol. The van der Waals surface area contributed by atoms with E-state index in [1.165, 1.54) is 19.1 Å². The number of nitrogens with zero attached hydrogens (tertiary/aromatic N) is 2. The summed E-state index contributed by atoms with van der Waals surface area (Å²) in [5.41, 5.74) is 0.678. The minimum atomic E-state index is -4.82. The van der Waals surface area contributed by atoms with Gasteiger partial charge in [0.25, 0.3) is 0 Å². The highest BCUT2D eigenvalue weighted by Crippen LogP contribution is 2.38. The lowest BCUT2D eigenvalue weighted by Crippen LogP contribution is -2.48. The summed E-state index contributed by atoms with van der Waals surface area (Å²) in [5.74, 6) is -0.517. The summed E-state index contributed by atoms with van der Waals surface area (Å²) in [6.45, 7) is 1.52. The number of aliphatic hydroxyl groups is 1. The van der Waals surface area contributed by atoms with E-state index < -0.39 is 24.2 Å². The molecule has 0 radical (unpaired) electrons. The van der Waals surface area contributed by atoms with Crippen molar-refractivity contribution < 1.29 is 23.1 Å². The van der Waals surface area contributed by atoms with Crippen LogP contribution in [0.2, 0.25) is 5.02 Å². The highest BCUT2D eigenvalue weighted by Gasteiger charge is 2.49. The van der Waals surface area contributed by atoms with Gasteiger partial charge in [-0.15, -0.1) is 0 Å². The SMILES string of the molecule is Cc1c(N2C(=O)CCC2[C@H](O)C(F)(F)F)ccc(C#N)c1Cl. The standard InChI is InChI=1S/C14H12ClF3N2O2/c1-7-9(3-2-8(6-19)12(7)15)20-10(4-5-11(20)21)13(22)14(16,17)18/h2-3,10,13,22H,4-5H2,1H3/t10?,13-/m0/s1. The highest BCUT2D eigenvalue weighted by molar-refractivity contribution is 6.33. The Hall–Kier alpha value is -1.78. The van der Waals surface area contributed by atoms with E-state index in [9.17, 15) is 23.1 Å². The minimum Gasteiger partial charge on any atom is -0.382 e. The monoisotopic (exact) mass is 332 g/mol. The predicted molar refractivity (Wildman–Crippen MR) is 73.5 cm³/mol. The van der Waals surface area contributed by atoms with Gasteiger partial charge in [-0.1, -0.05) is 11.6 Å². The van der Waals surface area contributed by atoms with Crippen molar-refractivity contribution in [2.45, 2.75) is 38.1 Å². The third-order valence-electron chi connectivity index (χ3n) is 3.69. The van der Waals surface area contributed by atoms with E-state index in [0.717, 1.165) is 4.90 Å². The molecule has 1 heterocycles. The second-order valence-corrected chi connectivity index (χ2v) is 5.42. The number of rotatable bonds is 2. The third kappa shape index (κ3) is 2.76. The van der Waals surface area contributed by atoms with Gasteiger partial charge in [0.05, 0.1) is 16.6 Å². The molecule has 118 valence electrons. The van der Waals surface area contributed by atoms with E-state index in [2.05, 4.69) is 0 Å². The van der Waals surface area contributed by atoms with E-state index in [-0.39, 0.29) is 29.1 Å². The van der Waals surface area contributed by atoms with Crippen molar-refractivity contribution in [3.63, 3.8) is 0 Å². The second-order valence-electron chi connectivity index (χ2n) is 5.04. The zero-order valence-electron chi connectivity index (χ0n) is 11.5. The van der Waals surface area contributed by atoms with Crippen molar-refractivity contribution in [1.29, 1.82) is 5.26 Å². The van der Waals surface area contributed by atoms with Gasteiger partial charge in [-0.2, -0.15) is 18.4 Å². The summed E-state index contributed by atoms with van der Waals surface area (Å²) in [4.78, 5) is 12.9. The average Bonchev–Trinajstić information content (AvgIpc) is 2.81. The van der Waals surface area contributed by atoms with Crippen LogP contribution in [0.3, 0.4) is 0 Å². The van der Waals surface area contributed by atoms with Gasteiger partial charge in [0.15, 0.2) is 6.10 Å². The van der Waals surface area contributed by atoms with Crippen molar-refractivity contribution in [1.82, 2.24) is 0 Å². The predicted octanol–water partition coefficient (Wildman–Crippen LogP) is 2.94. The maximum absolute atomic E-state index is 12.8. The van der Waals surface area contributed by atoms with Crippen LogP contribution in [-0.4, -0.2) is 29.3 Å². The summed E-state index contributed by atoms with van der Waals surface area (Å²) in [7, 11) is 0. The second kappa shape index (κ2) is 5.78. The first-order chi connectivity index (χ1) is 10.2. The zero-order valence-corrected chi connectivity index (χ0v) is 12.2. The lowest BCUT2D eigenvalue weighted by molar-refractivity contribution is -0.209. The fourth-order valence-corrected chi connectivity index (χ4v) is 2.76. The molecule has 1 aromatic carbocycles. The summed E-state index contributed by atoms with van der Waals surface area (Å²) >= 11 is 6.00. The number of carbonyl (C=O) groups excluding carboxylic acids is 1. The Morgan fingerprint density at radius 1 is 1.50 bits per heavy atom. The number of carbonyl (C=O) groups is 1. The number of anilines is 1. The molecule has 22 heavy (non-hydrogen) atoms. The molecule has 1 fully saturated rings. The van der Waals surface area contributed by atoms with Crippen molar-refractivity contribution in [2.24, 2.45) is 0 Å². The lowest BCUT2D eigenvalue weighted by Gasteiger charge is -2.31. The Morgan fingerprint density at radius 3 is 2.68 bits per heavy atom. The molecule has 1 aliphatic rings. The zero-order chi connectivity index (χ0) is 16.7. The number of hydrogen-bond acceptors (Lipinski definition) is 3. The van der Waals surface area contributed by atoms with Crippen LogP contribution in [0.5, 0.6) is 0 Å². The number of nitriles is 1. The van der Waals surface area contributed by atoms with E-state index in [0.29, 0.717) is 5.56 Å². The molecule has 0 saturated carbocycles. The minimum absolute atomic E-state index is 0.0833. The molecular weight excluding hydrogens is 321 g/mol. The number of amides is 1. The summed E-state index contributed by atoms with van der Waals surface area (Å²) < 4.78 is 38.3. The normalized spacial score (nSPS) is 20.1. The summed E-state index contributed by atoms with van der Waals surface area (Å²) in [6, 6.07) is 3.18. The number of hydrogen-bond donors (Lipinski definition) is 1. The highest BCUT2D eigenvalue weighted by atomic mass is 35.5. The Morgan fingerprint density at radius 2 is 2.14 bits per heavy atom. The van der Waals surface area contributed by atoms with Gasteiger partial charge >= 0.3 is 6.18 Å². The first kappa shape index (κ1) is 16.6. The van der Waals surface area contributed by atoms with Crippen molar-refractivity contribution in [3.8, 4) is 6.07 Å². The smallest absolute Gasteiger partial charge is 0.382 e. The first-order valence-corrected chi connectivity index (χ1v) is 6.82. The molecule has 0 spiro atoms. The summed E-state index contributed by atoms with van der Waals surface area (Å²) in [6.07, 6.45) is -7.64. The van der Waals surface area contributed by atoms with Crippen LogP contribution in [-0.2, 0) is 4.79 Å². The van der Waals surface area contributed by atoms with Crippen molar-refractivity contribution in [2.75, 3.05) is 4.90 Å². The van der Waals surface area contributed by atoms with Crippen LogP contribution < -0.4 is 4.90 Å². The molecule has 1 aliphatic heterocycles. The molecule has 1 saturated heterocycles. The van der Waals surface area contributed by atoms with E-state index in [1.807, 2.05) is 6.07 Å². The van der Waals surface area contributed by atoms with E-state index >= 15 is 0 Å². The molecule has 1 amide bonds. The van der Waals surface area contributed by atoms with Gasteiger partial charge in [0.2, 0.25) is 5.91 Å². The molecule has 0 aromatic heterocycles. The van der Waals surface area contributed by atoms with Crippen LogP contribution in [0, 0.1) is 18.3 Å². The van der Waals surface area contributed by atoms with Crippen LogP contribution in [0.25, 0.3) is 0 Å². The van der Waals surface area contributed by atoms with Gasteiger partial charge in [-0.05, 0) is 31.0 Å². The van der Waals surface area contributed by atoms with Crippen molar-refractivity contribution >= 4 is 23.2 Å². The Bertz CT molecular complexity index is 655. The molecule has 4 nitrogen and oxygen atoms in total. The number of halogens is 4. The molecule has 2 atom stereocenters. The molecule has 0 aliphatic carbocycles. The number of aliphatic hydroxyl groups excluding tert-OH is 1. The van der Waals surface area contributed by atoms with Crippen LogP contribution in [0.15, 0.2) is 12.1 Å². The van der Waals surface area contributed by atoms with Crippen LogP contribution in [0.4, 0.5) is 18.9 Å². The van der Waals surface area contributed by atoms with E-state index in [4.69, 9.17) is 16.9 Å². The third-order valence-corrected chi connectivity index (χ3v) is 4.18. The van der Waals surface area contributed by atoms with E-state index in [1.54, 1.807) is 0 Å². The molecule has 1 unspecified atom stereocenters. The molecule has 0 bridgehead atoms. The molecule has 1 N–H and O–H groups in total. The topological polar surface area (TPSA) is 64.3 Å². The molecule has 2 rings (SSSR count). The molecular formula is C14H12ClF3N2O2. The van der Waals surface area contributed by atoms with Gasteiger partial charge in [0, 0.05) is 12.1 Å². The van der Waals surface area contributed by atoms with Gasteiger partial charge in [-0.25, -0.2) is 0 Å². The Kier molecular flexibility index (Phi) is 4.36. The number of alkyl halides is 3. The quantitative estimate of drug-likeness (QED) is 0.905. The fourth-order valence-electron chi connectivity index (χ4n) is 2.56. The van der Waals surface area contributed by atoms with Crippen LogP contribution >= 0.6 is 11.6 Å². The van der Waals surface area contributed by atoms with Gasteiger partial charge in [0.1, 0.15) is 6.07 Å².